The third-order valence-corrected chi connectivity index (χ3v) is 3.90. The summed E-state index contributed by atoms with van der Waals surface area (Å²) in [5.41, 5.74) is 7.63. The highest BCUT2D eigenvalue weighted by Gasteiger charge is 2.35. The van der Waals surface area contributed by atoms with E-state index in [1.807, 2.05) is 6.07 Å². The van der Waals surface area contributed by atoms with Gasteiger partial charge in [-0.3, -0.25) is 5.10 Å². The van der Waals surface area contributed by atoms with Crippen LogP contribution in [0.4, 0.5) is 4.39 Å². The van der Waals surface area contributed by atoms with Gasteiger partial charge >= 0.3 is 0 Å². The van der Waals surface area contributed by atoms with Gasteiger partial charge in [0.25, 0.3) is 0 Å². The number of hydrogen-bond acceptors (Lipinski definition) is 4. The van der Waals surface area contributed by atoms with E-state index in [0.29, 0.717) is 21.3 Å². The minimum atomic E-state index is -0.634. The van der Waals surface area contributed by atoms with Gasteiger partial charge in [-0.25, -0.2) is 4.39 Å². The first-order valence-electron chi connectivity index (χ1n) is 6.10. The van der Waals surface area contributed by atoms with Crippen LogP contribution in [0.1, 0.15) is 22.7 Å². The standard InChI is InChI=1S/C14H10BrFN4O/c1-6-11-12(8-3-2-7(15)4-10(8)16)9(5-17)13(18)21-14(11)20-19-6/h2-4,12H,18H2,1H3,(H,19,20)/t12-/m0/s1. The maximum atomic E-state index is 14.3. The first-order chi connectivity index (χ1) is 10.0. The molecule has 0 amide bonds. The highest BCUT2D eigenvalue weighted by atomic mass is 79.9. The topological polar surface area (TPSA) is 87.7 Å². The molecule has 0 unspecified atom stereocenters. The second-order valence-electron chi connectivity index (χ2n) is 4.66. The number of allylic oxidation sites excluding steroid dienone is 1. The van der Waals surface area contributed by atoms with Crippen molar-refractivity contribution in [3.63, 3.8) is 0 Å². The maximum absolute atomic E-state index is 14.3. The molecule has 0 bridgehead atoms. The number of aryl methyl sites for hydroxylation is 1. The van der Waals surface area contributed by atoms with E-state index in [-0.39, 0.29) is 17.3 Å². The molecule has 0 saturated carbocycles. The van der Waals surface area contributed by atoms with Crippen LogP contribution in [0.25, 0.3) is 0 Å². The molecule has 7 heteroatoms. The first-order valence-corrected chi connectivity index (χ1v) is 6.89. The summed E-state index contributed by atoms with van der Waals surface area (Å²) in [6.45, 7) is 1.79. The first kappa shape index (κ1) is 13.6. The van der Waals surface area contributed by atoms with Gasteiger partial charge in [-0.05, 0) is 19.1 Å². The number of nitriles is 1. The minimum absolute atomic E-state index is 0.0520. The Morgan fingerprint density at radius 1 is 1.52 bits per heavy atom. The molecule has 0 radical (unpaired) electrons. The Labute approximate surface area is 128 Å². The number of fused-ring (bicyclic) bond motifs is 1. The summed E-state index contributed by atoms with van der Waals surface area (Å²) in [7, 11) is 0. The molecule has 106 valence electrons. The van der Waals surface area contributed by atoms with E-state index in [0.717, 1.165) is 0 Å². The SMILES string of the molecule is Cc1[nH]nc2c1[C@@H](c1ccc(Br)cc1F)C(C#N)=C(N)O2. The van der Waals surface area contributed by atoms with E-state index in [1.54, 1.807) is 19.1 Å². The zero-order valence-electron chi connectivity index (χ0n) is 10.9. The molecule has 1 aromatic heterocycles. The van der Waals surface area contributed by atoms with Crippen molar-refractivity contribution in [3.8, 4) is 11.9 Å². The third-order valence-electron chi connectivity index (χ3n) is 3.40. The van der Waals surface area contributed by atoms with E-state index >= 15 is 0 Å². The number of nitrogens with zero attached hydrogens (tertiary/aromatic N) is 2. The fourth-order valence-corrected chi connectivity index (χ4v) is 2.78. The van der Waals surface area contributed by atoms with Crippen LogP contribution in [0.5, 0.6) is 5.88 Å². The molecule has 0 aliphatic carbocycles. The summed E-state index contributed by atoms with van der Waals surface area (Å²) in [6.07, 6.45) is 0. The molecule has 3 N–H and O–H groups in total. The quantitative estimate of drug-likeness (QED) is 0.829. The summed E-state index contributed by atoms with van der Waals surface area (Å²) in [5.74, 6) is -0.839. The van der Waals surface area contributed by atoms with Gasteiger partial charge in [-0.15, -0.1) is 5.10 Å². The van der Waals surface area contributed by atoms with Crippen molar-refractivity contribution < 1.29 is 9.13 Å². The molecule has 0 saturated heterocycles. The fourth-order valence-electron chi connectivity index (χ4n) is 2.45. The highest BCUT2D eigenvalue weighted by Crippen LogP contribution is 2.43. The molecule has 1 aromatic carbocycles. The number of aromatic amines is 1. The van der Waals surface area contributed by atoms with Crippen molar-refractivity contribution in [1.82, 2.24) is 10.2 Å². The summed E-state index contributed by atoms with van der Waals surface area (Å²) in [4.78, 5) is 0. The molecule has 21 heavy (non-hydrogen) atoms. The molecule has 1 atom stereocenters. The maximum Gasteiger partial charge on any atom is 0.244 e. The lowest BCUT2D eigenvalue weighted by Crippen LogP contribution is -2.21. The molecular formula is C14H10BrFN4O. The molecule has 3 rings (SSSR count). The smallest absolute Gasteiger partial charge is 0.244 e. The number of nitrogens with one attached hydrogen (secondary N) is 1. The van der Waals surface area contributed by atoms with Gasteiger partial charge < -0.3 is 10.5 Å². The number of halogens is 2. The molecule has 1 aliphatic heterocycles. The highest BCUT2D eigenvalue weighted by molar-refractivity contribution is 9.10. The number of benzene rings is 1. The van der Waals surface area contributed by atoms with Crippen LogP contribution in [0, 0.1) is 24.1 Å². The molecule has 5 nitrogen and oxygen atoms in total. The average Bonchev–Trinajstić information content (AvgIpc) is 2.79. The summed E-state index contributed by atoms with van der Waals surface area (Å²) < 4.78 is 20.3. The third kappa shape index (κ3) is 2.08. The zero-order valence-corrected chi connectivity index (χ0v) is 12.5. The Balaban J connectivity index is 2.27. The van der Waals surface area contributed by atoms with Crippen molar-refractivity contribution in [1.29, 1.82) is 5.26 Å². The molecule has 1 aliphatic rings. The molecular weight excluding hydrogens is 339 g/mol. The lowest BCUT2D eigenvalue weighted by atomic mass is 9.84. The van der Waals surface area contributed by atoms with Crippen molar-refractivity contribution in [3.05, 3.63) is 56.8 Å². The molecule has 2 heterocycles. The fraction of sp³-hybridized carbons (Fsp3) is 0.143. The summed E-state index contributed by atoms with van der Waals surface area (Å²) in [5, 5.41) is 16.1. The van der Waals surface area contributed by atoms with E-state index in [9.17, 15) is 9.65 Å². The van der Waals surface area contributed by atoms with E-state index in [4.69, 9.17) is 10.5 Å². The Bertz CT molecular complexity index is 806. The average molecular weight is 349 g/mol. The molecule has 0 fully saturated rings. The second-order valence-corrected chi connectivity index (χ2v) is 5.57. The van der Waals surface area contributed by atoms with E-state index in [2.05, 4.69) is 26.1 Å². The molecule has 0 spiro atoms. The normalized spacial score (nSPS) is 17.1. The Morgan fingerprint density at radius 3 is 2.95 bits per heavy atom. The minimum Gasteiger partial charge on any atom is -0.420 e. The molecule has 2 aromatic rings. The predicted molar refractivity (Wildman–Crippen MR) is 76.7 cm³/mol. The number of H-pyrrole nitrogens is 1. The second kappa shape index (κ2) is 4.90. The monoisotopic (exact) mass is 348 g/mol. The van der Waals surface area contributed by atoms with Crippen molar-refractivity contribution in [2.75, 3.05) is 0 Å². The van der Waals surface area contributed by atoms with Gasteiger partial charge in [0.15, 0.2) is 0 Å². The van der Waals surface area contributed by atoms with Crippen LogP contribution in [-0.4, -0.2) is 10.2 Å². The van der Waals surface area contributed by atoms with Crippen LogP contribution in [-0.2, 0) is 0 Å². The Hall–Kier alpha value is -2.33. The summed E-state index contributed by atoms with van der Waals surface area (Å²) in [6, 6.07) is 6.70. The van der Waals surface area contributed by atoms with Gasteiger partial charge in [0.05, 0.1) is 5.92 Å². The van der Waals surface area contributed by atoms with Crippen LogP contribution >= 0.6 is 15.9 Å². The van der Waals surface area contributed by atoms with Gasteiger partial charge in [0.2, 0.25) is 11.8 Å². The number of rotatable bonds is 1. The van der Waals surface area contributed by atoms with Crippen LogP contribution in [0.15, 0.2) is 34.1 Å². The lowest BCUT2D eigenvalue weighted by Gasteiger charge is -2.23. The predicted octanol–water partition coefficient (Wildman–Crippen LogP) is 2.84. The van der Waals surface area contributed by atoms with Gasteiger partial charge in [-0.1, -0.05) is 22.0 Å². The Morgan fingerprint density at radius 2 is 2.29 bits per heavy atom. The summed E-state index contributed by atoms with van der Waals surface area (Å²) >= 11 is 3.22. The van der Waals surface area contributed by atoms with Crippen molar-refractivity contribution in [2.24, 2.45) is 5.73 Å². The Kier molecular flexibility index (Phi) is 3.18. The van der Waals surface area contributed by atoms with E-state index < -0.39 is 11.7 Å². The van der Waals surface area contributed by atoms with Crippen molar-refractivity contribution in [2.45, 2.75) is 12.8 Å². The van der Waals surface area contributed by atoms with Crippen LogP contribution < -0.4 is 10.5 Å². The van der Waals surface area contributed by atoms with Gasteiger partial charge in [0, 0.05) is 21.3 Å². The number of ether oxygens (including phenoxy) is 1. The number of hydrogen-bond donors (Lipinski definition) is 2. The number of aromatic nitrogens is 2. The lowest BCUT2D eigenvalue weighted by molar-refractivity contribution is 0.378. The van der Waals surface area contributed by atoms with Crippen LogP contribution in [0.3, 0.4) is 0 Å². The van der Waals surface area contributed by atoms with Gasteiger partial charge in [-0.2, -0.15) is 5.26 Å². The van der Waals surface area contributed by atoms with Crippen molar-refractivity contribution >= 4 is 15.9 Å². The number of nitrogens with two attached hydrogens (primary N) is 1. The van der Waals surface area contributed by atoms with Gasteiger partial charge in [0.1, 0.15) is 17.5 Å². The van der Waals surface area contributed by atoms with Crippen LogP contribution in [0.2, 0.25) is 0 Å². The zero-order chi connectivity index (χ0) is 15.1. The largest absolute Gasteiger partial charge is 0.420 e. The van der Waals surface area contributed by atoms with E-state index in [1.165, 1.54) is 6.07 Å².